The summed E-state index contributed by atoms with van der Waals surface area (Å²) in [5.74, 6) is 0.595. The summed E-state index contributed by atoms with van der Waals surface area (Å²) >= 11 is 4.24. The Morgan fingerprint density at radius 1 is 1.06 bits per heavy atom. The van der Waals surface area contributed by atoms with Crippen molar-refractivity contribution in [1.82, 2.24) is 0 Å². The third-order valence-electron chi connectivity index (χ3n) is 2.61. The number of hydrogen-bond donors (Lipinski definition) is 1. The average molecular weight is 232 g/mol. The third-order valence-corrected chi connectivity index (χ3v) is 2.76. The summed E-state index contributed by atoms with van der Waals surface area (Å²) in [4.78, 5) is 1.03. The fraction of sp³-hybridized carbons (Fsp3) is 0.333. The summed E-state index contributed by atoms with van der Waals surface area (Å²) in [7, 11) is 0. The minimum Gasteiger partial charge on any atom is -0.148 e. The Hall–Kier alpha value is -0.950. The highest BCUT2D eigenvalue weighted by molar-refractivity contribution is 7.84. The molecule has 0 fully saturated rings. The molecular weight excluding hydrogens is 212 g/mol. The van der Waals surface area contributed by atoms with Crippen LogP contribution in [0.4, 0.5) is 0 Å². The maximum Gasteiger partial charge on any atom is -0.0215 e. The molecule has 0 bridgehead atoms. The number of benzene rings is 1. The monoisotopic (exact) mass is 232 g/mol. The molecule has 0 nitrogen and oxygen atoms in total. The number of thiol groups is 1. The molecule has 0 amide bonds. The minimum absolute atomic E-state index is 0.595. The van der Waals surface area contributed by atoms with Gasteiger partial charge in [-0.3, -0.25) is 0 Å². The molecule has 0 saturated heterocycles. The second kappa shape index (κ2) is 5.95. The normalized spacial score (nSPS) is 13.4. The summed E-state index contributed by atoms with van der Waals surface area (Å²) in [6.45, 7) is 8.53. The second-order valence-electron chi connectivity index (χ2n) is 4.43. The van der Waals surface area contributed by atoms with Gasteiger partial charge in [-0.2, -0.15) is 0 Å². The highest BCUT2D eigenvalue weighted by atomic mass is 32.1. The second-order valence-corrected chi connectivity index (χ2v) is 5.14. The van der Waals surface area contributed by atoms with E-state index in [1.165, 1.54) is 16.7 Å². The van der Waals surface area contributed by atoms with Crippen molar-refractivity contribution in [3.8, 4) is 0 Å². The summed E-state index contributed by atoms with van der Waals surface area (Å²) in [6, 6.07) is 8.77. The summed E-state index contributed by atoms with van der Waals surface area (Å²) < 4.78 is 0. The molecule has 0 N–H and O–H groups in total. The number of allylic oxidation sites excluding steroid dienone is 4. The average Bonchev–Trinajstić information content (AvgIpc) is 2.26. The smallest absolute Gasteiger partial charge is 0.0215 e. The molecule has 0 aromatic heterocycles. The van der Waals surface area contributed by atoms with E-state index in [2.05, 4.69) is 63.7 Å². The van der Waals surface area contributed by atoms with Crippen molar-refractivity contribution < 1.29 is 0 Å². The molecule has 0 aliphatic rings. The molecule has 1 aromatic carbocycles. The lowest BCUT2D eigenvalue weighted by atomic mass is 9.99. The van der Waals surface area contributed by atoms with E-state index in [-0.39, 0.29) is 0 Å². The lowest BCUT2D eigenvalue weighted by molar-refractivity contribution is 0.866. The van der Waals surface area contributed by atoms with Crippen LogP contribution in [0, 0.1) is 0 Å². The predicted octanol–water partition coefficient (Wildman–Crippen LogP) is 5.05. The van der Waals surface area contributed by atoms with Crippen molar-refractivity contribution in [2.45, 2.75) is 33.6 Å². The van der Waals surface area contributed by atoms with Gasteiger partial charge in [-0.25, -0.2) is 0 Å². The fourth-order valence-corrected chi connectivity index (χ4v) is 1.55. The summed E-state index contributed by atoms with van der Waals surface area (Å²) in [6.07, 6.45) is 4.13. The van der Waals surface area contributed by atoms with Crippen molar-refractivity contribution in [2.75, 3.05) is 0 Å². The Morgan fingerprint density at radius 2 is 1.62 bits per heavy atom. The quantitative estimate of drug-likeness (QED) is 0.547. The van der Waals surface area contributed by atoms with E-state index in [1.807, 2.05) is 13.0 Å². The van der Waals surface area contributed by atoms with E-state index in [1.54, 1.807) is 0 Å². The van der Waals surface area contributed by atoms with Crippen LogP contribution < -0.4 is 0 Å². The van der Waals surface area contributed by atoms with Gasteiger partial charge in [-0.05, 0) is 41.4 Å². The van der Waals surface area contributed by atoms with Crippen LogP contribution in [0.5, 0.6) is 0 Å². The van der Waals surface area contributed by atoms with Crippen LogP contribution in [-0.2, 0) is 0 Å². The van der Waals surface area contributed by atoms with Gasteiger partial charge in [-0.15, -0.1) is 12.6 Å². The molecule has 0 aliphatic carbocycles. The lowest BCUT2D eigenvalue weighted by Gasteiger charge is -2.06. The van der Waals surface area contributed by atoms with E-state index < -0.39 is 0 Å². The fourth-order valence-electron chi connectivity index (χ4n) is 1.47. The van der Waals surface area contributed by atoms with E-state index >= 15 is 0 Å². The first-order chi connectivity index (χ1) is 7.50. The Bertz CT molecular complexity index is 390. The molecule has 0 heterocycles. The van der Waals surface area contributed by atoms with Crippen molar-refractivity contribution in [3.05, 3.63) is 52.4 Å². The Labute approximate surface area is 104 Å². The molecule has 0 atom stereocenters. The zero-order chi connectivity index (χ0) is 12.1. The molecular formula is C15H20S. The molecule has 0 aliphatic heterocycles. The SMILES string of the molecule is C/C(S)=C\C=C(/C)c1ccc(C(C)C)cc1. The molecule has 16 heavy (non-hydrogen) atoms. The van der Waals surface area contributed by atoms with Gasteiger partial charge in [0.15, 0.2) is 0 Å². The molecule has 0 spiro atoms. The van der Waals surface area contributed by atoms with Gasteiger partial charge in [0.2, 0.25) is 0 Å². The van der Waals surface area contributed by atoms with Gasteiger partial charge in [0, 0.05) is 0 Å². The first-order valence-corrected chi connectivity index (χ1v) is 6.10. The highest BCUT2D eigenvalue weighted by Crippen LogP contribution is 2.19. The molecule has 0 unspecified atom stereocenters. The van der Waals surface area contributed by atoms with Crippen LogP contribution in [0.15, 0.2) is 41.3 Å². The van der Waals surface area contributed by atoms with Crippen LogP contribution in [-0.4, -0.2) is 0 Å². The topological polar surface area (TPSA) is 0 Å². The van der Waals surface area contributed by atoms with Crippen molar-refractivity contribution in [3.63, 3.8) is 0 Å². The molecule has 1 rings (SSSR count). The first kappa shape index (κ1) is 13.1. The van der Waals surface area contributed by atoms with E-state index in [0.29, 0.717) is 5.92 Å². The minimum atomic E-state index is 0.595. The van der Waals surface area contributed by atoms with Gasteiger partial charge in [0.05, 0.1) is 0 Å². The molecule has 1 heteroatoms. The summed E-state index contributed by atoms with van der Waals surface area (Å²) in [5, 5.41) is 0. The van der Waals surface area contributed by atoms with Gasteiger partial charge >= 0.3 is 0 Å². The number of hydrogen-bond acceptors (Lipinski definition) is 1. The lowest BCUT2D eigenvalue weighted by Crippen LogP contribution is -1.87. The Morgan fingerprint density at radius 3 is 2.06 bits per heavy atom. The molecule has 0 radical (unpaired) electrons. The van der Waals surface area contributed by atoms with E-state index in [0.717, 1.165) is 4.91 Å². The van der Waals surface area contributed by atoms with Crippen LogP contribution in [0.2, 0.25) is 0 Å². The van der Waals surface area contributed by atoms with Crippen molar-refractivity contribution >= 4 is 18.2 Å². The van der Waals surface area contributed by atoms with Crippen LogP contribution in [0.3, 0.4) is 0 Å². The van der Waals surface area contributed by atoms with Crippen molar-refractivity contribution in [1.29, 1.82) is 0 Å². The third kappa shape index (κ3) is 3.90. The number of rotatable bonds is 3. The predicted molar refractivity (Wildman–Crippen MR) is 76.9 cm³/mol. The van der Waals surface area contributed by atoms with Crippen LogP contribution >= 0.6 is 12.6 Å². The maximum atomic E-state index is 4.24. The van der Waals surface area contributed by atoms with Gasteiger partial charge in [0.25, 0.3) is 0 Å². The zero-order valence-corrected chi connectivity index (χ0v) is 11.4. The van der Waals surface area contributed by atoms with Crippen molar-refractivity contribution in [2.24, 2.45) is 0 Å². The van der Waals surface area contributed by atoms with E-state index in [9.17, 15) is 0 Å². The largest absolute Gasteiger partial charge is 0.148 e. The first-order valence-electron chi connectivity index (χ1n) is 5.65. The van der Waals surface area contributed by atoms with Gasteiger partial charge < -0.3 is 0 Å². The Kier molecular flexibility index (Phi) is 4.88. The standard InChI is InChI=1S/C15H20S/c1-11(2)14-7-9-15(10-8-14)12(3)5-6-13(4)16/h5-11,16H,1-4H3/b12-5+,13-6+. The van der Waals surface area contributed by atoms with E-state index in [4.69, 9.17) is 0 Å². The van der Waals surface area contributed by atoms with Gasteiger partial charge in [0.1, 0.15) is 0 Å². The van der Waals surface area contributed by atoms with Gasteiger partial charge in [-0.1, -0.05) is 50.3 Å². The molecule has 86 valence electrons. The zero-order valence-electron chi connectivity index (χ0n) is 10.5. The van der Waals surface area contributed by atoms with Crippen LogP contribution in [0.25, 0.3) is 5.57 Å². The van der Waals surface area contributed by atoms with Crippen LogP contribution in [0.1, 0.15) is 44.7 Å². The summed E-state index contributed by atoms with van der Waals surface area (Å²) in [5.41, 5.74) is 3.93. The molecule has 1 aromatic rings. The highest BCUT2D eigenvalue weighted by Gasteiger charge is 1.99. The maximum absolute atomic E-state index is 4.24. The molecule has 0 saturated carbocycles. The Balaban J connectivity index is 2.90.